The molecule has 1 aliphatic rings. The molecule has 0 bridgehead atoms. The molecule has 2 rings (SSSR count). The summed E-state index contributed by atoms with van der Waals surface area (Å²) in [6, 6.07) is 7.70. The predicted octanol–water partition coefficient (Wildman–Crippen LogP) is 1.70. The number of hydrogen-bond donors (Lipinski definition) is 2. The molecule has 0 atom stereocenters. The molecule has 1 amide bonds. The van der Waals surface area contributed by atoms with Gasteiger partial charge >= 0.3 is 0 Å². The Morgan fingerprint density at radius 3 is 2.31 bits per heavy atom. The number of rotatable bonds is 8. The van der Waals surface area contributed by atoms with Crippen molar-refractivity contribution in [2.45, 2.75) is 19.4 Å². The summed E-state index contributed by atoms with van der Waals surface area (Å²) in [5.41, 5.74) is 1.82. The van der Waals surface area contributed by atoms with Gasteiger partial charge in [0.25, 0.3) is 5.91 Å². The number of hydrogen-bond acceptors (Lipinski definition) is 4. The van der Waals surface area contributed by atoms with E-state index >= 15 is 0 Å². The predicted molar refractivity (Wildman–Crippen MR) is 131 cm³/mol. The van der Waals surface area contributed by atoms with E-state index in [4.69, 9.17) is 0 Å². The third-order valence-corrected chi connectivity index (χ3v) is 5.08. The molecule has 0 aromatic heterocycles. The Morgan fingerprint density at radius 1 is 1.07 bits per heavy atom. The second kappa shape index (κ2) is 13.8. The Kier molecular flexibility index (Phi) is 12.2. The van der Waals surface area contributed by atoms with E-state index in [0.717, 1.165) is 24.5 Å². The van der Waals surface area contributed by atoms with Gasteiger partial charge in [-0.1, -0.05) is 12.1 Å². The fourth-order valence-electron chi connectivity index (χ4n) is 3.17. The number of nitrogens with one attached hydrogen (secondary N) is 2. The summed E-state index contributed by atoms with van der Waals surface area (Å²) in [4.78, 5) is 22.7. The summed E-state index contributed by atoms with van der Waals surface area (Å²) >= 11 is 0. The quantitative estimate of drug-likeness (QED) is 0.239. The molecular weight excluding hydrogens is 479 g/mol. The summed E-state index contributed by atoms with van der Waals surface area (Å²) in [6.45, 7) is 7.51. The number of unbranched alkanes of at least 4 members (excludes halogenated alkanes) is 1. The van der Waals surface area contributed by atoms with Gasteiger partial charge in [0.15, 0.2) is 5.96 Å². The maximum Gasteiger partial charge on any atom is 0.253 e. The Labute approximate surface area is 192 Å². The van der Waals surface area contributed by atoms with Gasteiger partial charge < -0.3 is 25.3 Å². The number of piperazine rings is 1. The maximum absolute atomic E-state index is 11.9. The highest BCUT2D eigenvalue weighted by Gasteiger charge is 2.12. The zero-order chi connectivity index (χ0) is 20.4. The highest BCUT2D eigenvalue weighted by molar-refractivity contribution is 14.0. The third kappa shape index (κ3) is 9.31. The number of aliphatic imine (C=N–C) groups is 1. The van der Waals surface area contributed by atoms with Crippen LogP contribution in [0.25, 0.3) is 0 Å². The number of guanidine groups is 1. The minimum absolute atomic E-state index is 0. The van der Waals surface area contributed by atoms with Gasteiger partial charge in [0.2, 0.25) is 0 Å². The Morgan fingerprint density at radius 2 is 1.72 bits per heavy atom. The monoisotopic (exact) mass is 516 g/mol. The molecule has 2 N–H and O–H groups in total. The Hall–Kier alpha value is -1.39. The number of carbonyl (C=O) groups is 1. The fraction of sp³-hybridized carbons (Fsp3) is 0.619. The summed E-state index contributed by atoms with van der Waals surface area (Å²) in [6.07, 6.45) is 2.34. The standard InChI is InChI=1S/C21H36N6O.HI/c1-22-21(23-11-5-6-12-27-15-13-26(4)14-16-27)24-17-18-7-9-19(10-8-18)20(28)25(2)3;/h7-10H,5-6,11-17H2,1-4H3,(H2,22,23,24);1H. The SMILES string of the molecule is CN=C(NCCCCN1CCN(C)CC1)NCc1ccc(C(=O)N(C)C)cc1.I. The van der Waals surface area contributed by atoms with Crippen LogP contribution in [0.3, 0.4) is 0 Å². The van der Waals surface area contributed by atoms with Crippen LogP contribution in [-0.2, 0) is 6.54 Å². The molecule has 29 heavy (non-hydrogen) atoms. The van der Waals surface area contributed by atoms with Crippen molar-refractivity contribution in [2.75, 3.05) is 67.5 Å². The van der Waals surface area contributed by atoms with Crippen molar-refractivity contribution in [1.29, 1.82) is 0 Å². The first-order valence-electron chi connectivity index (χ1n) is 10.2. The van der Waals surface area contributed by atoms with Crippen LogP contribution < -0.4 is 10.6 Å². The van der Waals surface area contributed by atoms with Crippen LogP contribution in [0.4, 0.5) is 0 Å². The molecule has 1 aliphatic heterocycles. The van der Waals surface area contributed by atoms with Crippen molar-refractivity contribution in [3.05, 3.63) is 35.4 Å². The van der Waals surface area contributed by atoms with Gasteiger partial charge in [0.05, 0.1) is 0 Å². The zero-order valence-electron chi connectivity index (χ0n) is 18.3. The van der Waals surface area contributed by atoms with Gasteiger partial charge in [-0.25, -0.2) is 0 Å². The van der Waals surface area contributed by atoms with Gasteiger partial charge in [0, 0.05) is 66.0 Å². The molecule has 1 aromatic carbocycles. The normalized spacial score (nSPS) is 15.5. The van der Waals surface area contributed by atoms with Crippen molar-refractivity contribution in [3.8, 4) is 0 Å². The zero-order valence-corrected chi connectivity index (χ0v) is 20.6. The molecule has 0 unspecified atom stereocenters. The van der Waals surface area contributed by atoms with Crippen molar-refractivity contribution in [3.63, 3.8) is 0 Å². The molecule has 0 saturated carbocycles. The molecule has 7 nitrogen and oxygen atoms in total. The van der Waals surface area contributed by atoms with Crippen molar-refractivity contribution >= 4 is 35.8 Å². The van der Waals surface area contributed by atoms with Crippen LogP contribution in [-0.4, -0.2) is 94.0 Å². The Balaban J connectivity index is 0.00000420. The van der Waals surface area contributed by atoms with Gasteiger partial charge in [-0.15, -0.1) is 24.0 Å². The second-order valence-corrected chi connectivity index (χ2v) is 7.60. The van der Waals surface area contributed by atoms with Gasteiger partial charge in [-0.05, 0) is 44.1 Å². The number of amides is 1. The largest absolute Gasteiger partial charge is 0.356 e. The van der Waals surface area contributed by atoms with E-state index in [1.165, 1.54) is 39.1 Å². The smallest absolute Gasteiger partial charge is 0.253 e. The lowest BCUT2D eigenvalue weighted by atomic mass is 10.1. The Bertz CT molecular complexity index is 627. The number of halogens is 1. The molecule has 8 heteroatoms. The molecule has 0 spiro atoms. The number of benzene rings is 1. The van der Waals surface area contributed by atoms with Crippen LogP contribution in [0.5, 0.6) is 0 Å². The van der Waals surface area contributed by atoms with Crippen LogP contribution in [0.15, 0.2) is 29.3 Å². The van der Waals surface area contributed by atoms with E-state index in [1.807, 2.05) is 24.3 Å². The van der Waals surface area contributed by atoms with Crippen LogP contribution >= 0.6 is 24.0 Å². The topological polar surface area (TPSA) is 63.2 Å². The summed E-state index contributed by atoms with van der Waals surface area (Å²) in [5.74, 6) is 0.835. The van der Waals surface area contributed by atoms with E-state index in [-0.39, 0.29) is 29.9 Å². The first-order chi connectivity index (χ1) is 13.5. The molecule has 1 fully saturated rings. The molecule has 1 heterocycles. The lowest BCUT2D eigenvalue weighted by Gasteiger charge is -2.32. The number of carbonyl (C=O) groups excluding carboxylic acids is 1. The van der Waals surface area contributed by atoms with E-state index in [1.54, 1.807) is 26.0 Å². The first-order valence-corrected chi connectivity index (χ1v) is 10.2. The molecule has 164 valence electrons. The van der Waals surface area contributed by atoms with E-state index in [0.29, 0.717) is 12.1 Å². The maximum atomic E-state index is 11.9. The van der Waals surface area contributed by atoms with Gasteiger partial charge in [-0.2, -0.15) is 0 Å². The lowest BCUT2D eigenvalue weighted by molar-refractivity contribution is 0.0827. The number of likely N-dealkylation sites (N-methyl/N-ethyl adjacent to an activating group) is 1. The number of nitrogens with zero attached hydrogens (tertiary/aromatic N) is 4. The van der Waals surface area contributed by atoms with Crippen LogP contribution in [0, 0.1) is 0 Å². The highest BCUT2D eigenvalue weighted by Crippen LogP contribution is 2.06. The highest BCUT2D eigenvalue weighted by atomic mass is 127. The van der Waals surface area contributed by atoms with E-state index in [9.17, 15) is 4.79 Å². The van der Waals surface area contributed by atoms with E-state index in [2.05, 4.69) is 32.5 Å². The molecule has 0 radical (unpaired) electrons. The molecular formula is C21H37IN6O. The average Bonchev–Trinajstić information content (AvgIpc) is 2.71. The van der Waals surface area contributed by atoms with Gasteiger partial charge in [-0.3, -0.25) is 9.79 Å². The molecule has 0 aliphatic carbocycles. The second-order valence-electron chi connectivity index (χ2n) is 7.60. The molecule has 1 saturated heterocycles. The van der Waals surface area contributed by atoms with Crippen molar-refractivity contribution in [1.82, 2.24) is 25.3 Å². The fourth-order valence-corrected chi connectivity index (χ4v) is 3.17. The average molecular weight is 516 g/mol. The van der Waals surface area contributed by atoms with E-state index < -0.39 is 0 Å². The molecule has 1 aromatic rings. The van der Waals surface area contributed by atoms with Crippen molar-refractivity contribution in [2.24, 2.45) is 4.99 Å². The minimum atomic E-state index is 0. The van der Waals surface area contributed by atoms with Crippen LogP contribution in [0.1, 0.15) is 28.8 Å². The van der Waals surface area contributed by atoms with Crippen molar-refractivity contribution < 1.29 is 4.79 Å². The summed E-state index contributed by atoms with van der Waals surface area (Å²) in [7, 11) is 7.51. The van der Waals surface area contributed by atoms with Crippen LogP contribution in [0.2, 0.25) is 0 Å². The first kappa shape index (κ1) is 25.6. The van der Waals surface area contributed by atoms with Gasteiger partial charge in [0.1, 0.15) is 0 Å². The summed E-state index contributed by atoms with van der Waals surface area (Å²) < 4.78 is 0. The lowest BCUT2D eigenvalue weighted by Crippen LogP contribution is -2.44. The minimum Gasteiger partial charge on any atom is -0.356 e. The third-order valence-electron chi connectivity index (χ3n) is 5.08. The summed E-state index contributed by atoms with van der Waals surface area (Å²) in [5, 5.41) is 6.71.